The Morgan fingerprint density at radius 3 is 2.26 bits per heavy atom. The average molecular weight is 473 g/mol. The first kappa shape index (κ1) is 25.0. The van der Waals surface area contributed by atoms with Gasteiger partial charge in [-0.3, -0.25) is 4.79 Å². The quantitative estimate of drug-likeness (QED) is 0.477. The highest BCUT2D eigenvalue weighted by atomic mass is 16.3. The summed E-state index contributed by atoms with van der Waals surface area (Å²) in [4.78, 5) is 13.5. The number of aliphatic hydroxyl groups is 3. The van der Waals surface area contributed by atoms with Crippen LogP contribution in [0.5, 0.6) is 0 Å². The summed E-state index contributed by atoms with van der Waals surface area (Å²) >= 11 is 0. The molecule has 0 aliphatic heterocycles. The molecule has 5 aliphatic rings. The van der Waals surface area contributed by atoms with Crippen LogP contribution in [0.4, 0.5) is 0 Å². The predicted molar refractivity (Wildman–Crippen MR) is 134 cm³/mol. The molecule has 0 unspecified atom stereocenters. The Labute approximate surface area is 206 Å². The number of ketones is 1. The minimum Gasteiger partial charge on any atom is -0.396 e. The minimum atomic E-state index is -0.427. The molecule has 34 heavy (non-hydrogen) atoms. The lowest BCUT2D eigenvalue weighted by Crippen LogP contribution is -2.66. The Balaban J connectivity index is 1.58. The van der Waals surface area contributed by atoms with Gasteiger partial charge in [0.2, 0.25) is 0 Å². The smallest absolute Gasteiger partial charge is 0.139 e. The van der Waals surface area contributed by atoms with Gasteiger partial charge in [-0.2, -0.15) is 0 Å². The first-order valence-corrected chi connectivity index (χ1v) is 13.9. The van der Waals surface area contributed by atoms with E-state index in [1.165, 1.54) is 5.57 Å². The molecule has 10 atom stereocenters. The van der Waals surface area contributed by atoms with E-state index < -0.39 is 11.5 Å². The molecule has 0 aromatic rings. The Morgan fingerprint density at radius 2 is 1.62 bits per heavy atom. The number of rotatable bonds is 2. The summed E-state index contributed by atoms with van der Waals surface area (Å²) < 4.78 is 0. The first-order chi connectivity index (χ1) is 15.7. The van der Waals surface area contributed by atoms with Gasteiger partial charge in [0.15, 0.2) is 0 Å². The number of carbonyl (C=O) groups excluding carboxylic acids is 1. The summed E-state index contributed by atoms with van der Waals surface area (Å²) in [6.07, 6.45) is 10.5. The van der Waals surface area contributed by atoms with Crippen molar-refractivity contribution in [3.05, 3.63) is 11.6 Å². The molecule has 0 heterocycles. The maximum Gasteiger partial charge on any atom is 0.139 e. The fourth-order valence-electron chi connectivity index (χ4n) is 10.5. The van der Waals surface area contributed by atoms with Crippen LogP contribution in [0.15, 0.2) is 11.6 Å². The molecule has 4 fully saturated rings. The van der Waals surface area contributed by atoms with Crippen LogP contribution in [0, 0.1) is 50.2 Å². The highest BCUT2D eigenvalue weighted by molar-refractivity contribution is 5.87. The molecule has 4 saturated carbocycles. The SMILES string of the molecule is C[C@@]1(CO)CC(=O)[C@]2(C)CC[C@]3(C)C(=CC[C@H]4[C@@]5(C)CC[C@H](O)[C@](C)(CO)[C@@H]5CC[C@]43C)[C@@H]2C1. The van der Waals surface area contributed by atoms with Crippen molar-refractivity contribution in [1.29, 1.82) is 0 Å². The summed E-state index contributed by atoms with van der Waals surface area (Å²) in [5.74, 6) is 1.42. The molecular formula is C30H48O4. The lowest BCUT2D eigenvalue weighted by Gasteiger charge is -2.71. The van der Waals surface area contributed by atoms with E-state index in [1.807, 2.05) is 0 Å². The lowest BCUT2D eigenvalue weighted by molar-refractivity contribution is -0.215. The van der Waals surface area contributed by atoms with E-state index in [9.17, 15) is 20.1 Å². The van der Waals surface area contributed by atoms with Gasteiger partial charge in [0.05, 0.1) is 12.7 Å². The van der Waals surface area contributed by atoms with Crippen molar-refractivity contribution < 1.29 is 20.1 Å². The third-order valence-corrected chi connectivity index (χ3v) is 13.2. The van der Waals surface area contributed by atoms with Gasteiger partial charge in [-0.25, -0.2) is 0 Å². The van der Waals surface area contributed by atoms with Crippen molar-refractivity contribution in [1.82, 2.24) is 0 Å². The summed E-state index contributed by atoms with van der Waals surface area (Å²) in [7, 11) is 0. The summed E-state index contributed by atoms with van der Waals surface area (Å²) in [5, 5.41) is 31.5. The normalized spacial score (nSPS) is 57.1. The molecule has 3 N–H and O–H groups in total. The Kier molecular flexibility index (Phi) is 5.44. The molecule has 4 nitrogen and oxygen atoms in total. The Morgan fingerprint density at radius 1 is 0.912 bits per heavy atom. The summed E-state index contributed by atoms with van der Waals surface area (Å²) in [6, 6.07) is 0. The van der Waals surface area contributed by atoms with E-state index in [0.29, 0.717) is 24.0 Å². The number of carbonyl (C=O) groups is 1. The topological polar surface area (TPSA) is 77.8 Å². The molecule has 0 amide bonds. The van der Waals surface area contributed by atoms with E-state index in [4.69, 9.17) is 0 Å². The van der Waals surface area contributed by atoms with E-state index in [-0.39, 0.29) is 46.2 Å². The van der Waals surface area contributed by atoms with Crippen LogP contribution in [-0.4, -0.2) is 40.4 Å². The second-order valence-electron chi connectivity index (χ2n) is 14.8. The molecule has 0 spiro atoms. The van der Waals surface area contributed by atoms with Crippen LogP contribution < -0.4 is 0 Å². The Hall–Kier alpha value is -0.710. The highest BCUT2D eigenvalue weighted by Gasteiger charge is 2.69. The fraction of sp³-hybridized carbons (Fsp3) is 0.900. The number of allylic oxidation sites excluding steroid dienone is 2. The van der Waals surface area contributed by atoms with Crippen LogP contribution in [-0.2, 0) is 4.79 Å². The standard InChI is InChI=1S/C30H48O4/c1-25(17-31)15-20-19-7-8-22-27(3)11-10-23(33)28(4,18-32)21(27)9-12-30(22,6)29(19,5)14-13-26(20,2)24(34)16-25/h7,20-23,31-33H,8-18H2,1-6H3/t20-,21+,22-,23-,25-,26+,27-,28+,29+,30+/m0/s1. The Bertz CT molecular complexity index is 911. The van der Waals surface area contributed by atoms with Crippen LogP contribution in [0.2, 0.25) is 0 Å². The molecule has 4 heteroatoms. The molecule has 0 bridgehead atoms. The van der Waals surface area contributed by atoms with E-state index in [1.54, 1.807) is 0 Å². The van der Waals surface area contributed by atoms with Gasteiger partial charge in [0.1, 0.15) is 5.78 Å². The van der Waals surface area contributed by atoms with Crippen molar-refractivity contribution in [3.8, 4) is 0 Å². The number of hydrogen-bond donors (Lipinski definition) is 3. The van der Waals surface area contributed by atoms with Gasteiger partial charge < -0.3 is 15.3 Å². The molecule has 192 valence electrons. The van der Waals surface area contributed by atoms with Crippen LogP contribution >= 0.6 is 0 Å². The maximum absolute atomic E-state index is 13.5. The first-order valence-electron chi connectivity index (χ1n) is 13.9. The fourth-order valence-corrected chi connectivity index (χ4v) is 10.5. The zero-order valence-corrected chi connectivity index (χ0v) is 22.4. The van der Waals surface area contributed by atoms with Crippen LogP contribution in [0.25, 0.3) is 0 Å². The number of fused-ring (bicyclic) bond motifs is 7. The van der Waals surface area contributed by atoms with Gasteiger partial charge in [-0.1, -0.05) is 53.2 Å². The maximum atomic E-state index is 13.5. The van der Waals surface area contributed by atoms with Crippen LogP contribution in [0.1, 0.15) is 99.3 Å². The molecule has 0 saturated heterocycles. The second kappa shape index (κ2) is 7.42. The van der Waals surface area contributed by atoms with Gasteiger partial charge >= 0.3 is 0 Å². The van der Waals surface area contributed by atoms with Crippen molar-refractivity contribution in [2.24, 2.45) is 50.2 Å². The highest BCUT2D eigenvalue weighted by Crippen LogP contribution is 2.75. The molecule has 5 rings (SSSR count). The van der Waals surface area contributed by atoms with E-state index in [0.717, 1.165) is 51.4 Å². The second-order valence-corrected chi connectivity index (χ2v) is 14.8. The number of Topliss-reactive ketones (excluding diaryl/α,β-unsaturated/α-hetero) is 1. The van der Waals surface area contributed by atoms with E-state index >= 15 is 0 Å². The number of hydrogen-bond acceptors (Lipinski definition) is 4. The van der Waals surface area contributed by atoms with Gasteiger partial charge in [0, 0.05) is 23.9 Å². The van der Waals surface area contributed by atoms with Crippen molar-refractivity contribution in [2.75, 3.05) is 13.2 Å². The summed E-state index contributed by atoms with van der Waals surface area (Å²) in [6.45, 7) is 14.0. The molecule has 0 radical (unpaired) electrons. The molecule has 0 aromatic carbocycles. The molecule has 0 aromatic heterocycles. The lowest BCUT2D eigenvalue weighted by atomic mass is 9.33. The number of aliphatic hydroxyl groups excluding tert-OH is 3. The van der Waals surface area contributed by atoms with Gasteiger partial charge in [-0.15, -0.1) is 0 Å². The molecule has 5 aliphatic carbocycles. The molecular weight excluding hydrogens is 424 g/mol. The minimum absolute atomic E-state index is 0.0493. The third-order valence-electron chi connectivity index (χ3n) is 13.2. The van der Waals surface area contributed by atoms with Crippen molar-refractivity contribution in [3.63, 3.8) is 0 Å². The zero-order valence-electron chi connectivity index (χ0n) is 22.4. The van der Waals surface area contributed by atoms with Gasteiger partial charge in [0.25, 0.3) is 0 Å². The van der Waals surface area contributed by atoms with Crippen molar-refractivity contribution >= 4 is 5.78 Å². The predicted octanol–water partition coefficient (Wildman–Crippen LogP) is 5.29. The van der Waals surface area contributed by atoms with Crippen molar-refractivity contribution in [2.45, 2.75) is 105 Å². The largest absolute Gasteiger partial charge is 0.396 e. The average Bonchev–Trinajstić information content (AvgIpc) is 2.79. The van der Waals surface area contributed by atoms with Crippen LogP contribution in [0.3, 0.4) is 0 Å². The zero-order chi connectivity index (χ0) is 24.9. The third kappa shape index (κ3) is 2.85. The monoisotopic (exact) mass is 472 g/mol. The van der Waals surface area contributed by atoms with Gasteiger partial charge in [-0.05, 0) is 90.8 Å². The van der Waals surface area contributed by atoms with E-state index in [2.05, 4.69) is 47.6 Å². The summed E-state index contributed by atoms with van der Waals surface area (Å²) in [5.41, 5.74) is 0.752.